The number of esters is 1. The number of ether oxygens (including phenoxy) is 1. The number of hydrogen-bond donors (Lipinski definition) is 2. The Morgan fingerprint density at radius 2 is 2.32 bits per heavy atom. The van der Waals surface area contributed by atoms with E-state index in [1.807, 2.05) is 37.3 Å². The lowest BCUT2D eigenvalue weighted by molar-refractivity contribution is -0.141. The minimum atomic E-state index is -0.331. The van der Waals surface area contributed by atoms with Crippen LogP contribution in [0.5, 0.6) is 0 Å². The van der Waals surface area contributed by atoms with Crippen LogP contribution in [0.2, 0.25) is 0 Å². The van der Waals surface area contributed by atoms with Gasteiger partial charge < -0.3 is 10.1 Å². The molecule has 1 atom stereocenters. The van der Waals surface area contributed by atoms with Crippen molar-refractivity contribution in [3.05, 3.63) is 36.5 Å². The van der Waals surface area contributed by atoms with Gasteiger partial charge in [0.15, 0.2) is 0 Å². The number of aromatic nitrogens is 2. The Morgan fingerprint density at radius 1 is 1.47 bits per heavy atom. The van der Waals surface area contributed by atoms with Crippen LogP contribution in [0.3, 0.4) is 0 Å². The summed E-state index contributed by atoms with van der Waals surface area (Å²) in [5.41, 5.74) is 2.83. The lowest BCUT2D eigenvalue weighted by Gasteiger charge is -2.16. The first-order valence-electron chi connectivity index (χ1n) is 6.18. The molecule has 2 aromatic rings. The van der Waals surface area contributed by atoms with Gasteiger partial charge in [-0.3, -0.25) is 5.10 Å². The predicted molar refractivity (Wildman–Crippen MR) is 73.7 cm³/mol. The lowest BCUT2D eigenvalue weighted by Crippen LogP contribution is -2.29. The van der Waals surface area contributed by atoms with E-state index >= 15 is 0 Å². The molecule has 0 bridgehead atoms. The Hall–Kier alpha value is -2.30. The highest BCUT2D eigenvalue weighted by molar-refractivity contribution is 5.79. The molecule has 1 unspecified atom stereocenters. The number of nitrogens with zero attached hydrogens (tertiary/aromatic N) is 1. The smallest absolute Gasteiger partial charge is 0.328 e. The molecule has 0 aliphatic carbocycles. The van der Waals surface area contributed by atoms with Crippen LogP contribution in [0.15, 0.2) is 36.5 Å². The minimum Gasteiger partial charge on any atom is -0.467 e. The summed E-state index contributed by atoms with van der Waals surface area (Å²) in [6.45, 7) is 1.94. The lowest BCUT2D eigenvalue weighted by atomic mass is 10.1. The molecule has 1 aromatic carbocycles. The fourth-order valence-electron chi connectivity index (χ4n) is 1.86. The molecule has 1 heterocycles. The molecule has 2 N–H and O–H groups in total. The second kappa shape index (κ2) is 6.04. The summed E-state index contributed by atoms with van der Waals surface area (Å²) in [4.78, 5) is 11.6. The van der Waals surface area contributed by atoms with Crippen molar-refractivity contribution in [1.29, 1.82) is 0 Å². The molecule has 0 saturated carbocycles. The highest BCUT2D eigenvalue weighted by Gasteiger charge is 2.16. The van der Waals surface area contributed by atoms with E-state index in [0.29, 0.717) is 6.42 Å². The zero-order chi connectivity index (χ0) is 13.7. The number of methoxy groups -OCH3 is 1. The summed E-state index contributed by atoms with van der Waals surface area (Å²) in [6.07, 6.45) is 2.37. The molecule has 0 aliphatic rings. The molecule has 5 heteroatoms. The van der Waals surface area contributed by atoms with Crippen molar-refractivity contribution in [2.45, 2.75) is 19.4 Å². The van der Waals surface area contributed by atoms with Gasteiger partial charge in [0.05, 0.1) is 12.8 Å². The van der Waals surface area contributed by atoms with Gasteiger partial charge in [0, 0.05) is 17.4 Å². The van der Waals surface area contributed by atoms with Crippen molar-refractivity contribution < 1.29 is 9.53 Å². The number of carbonyl (C=O) groups excluding carboxylic acids is 1. The van der Waals surface area contributed by atoms with Gasteiger partial charge in [-0.1, -0.05) is 19.1 Å². The first-order valence-corrected chi connectivity index (χ1v) is 6.18. The fourth-order valence-corrected chi connectivity index (χ4v) is 1.86. The Morgan fingerprint density at radius 3 is 2.95 bits per heavy atom. The number of H-pyrrole nitrogens is 1. The molecule has 1 aromatic heterocycles. The number of benzene rings is 1. The van der Waals surface area contributed by atoms with Gasteiger partial charge in [0.2, 0.25) is 0 Å². The average Bonchev–Trinajstić information content (AvgIpc) is 2.98. The standard InChI is InChI=1S/C14H17N3O2/c1-3-12(14(18)19-2)16-11-6-4-5-10(9-11)13-7-8-15-17-13/h4-9,12,16H,3H2,1-2H3,(H,15,17). The van der Waals surface area contributed by atoms with Crippen LogP contribution in [0.25, 0.3) is 11.3 Å². The van der Waals surface area contributed by atoms with E-state index in [2.05, 4.69) is 15.5 Å². The summed E-state index contributed by atoms with van der Waals surface area (Å²) in [7, 11) is 1.40. The summed E-state index contributed by atoms with van der Waals surface area (Å²) in [5, 5.41) is 10.0. The van der Waals surface area contributed by atoms with Crippen molar-refractivity contribution >= 4 is 11.7 Å². The number of carbonyl (C=O) groups is 1. The van der Waals surface area contributed by atoms with Crippen LogP contribution >= 0.6 is 0 Å². The average molecular weight is 259 g/mol. The van der Waals surface area contributed by atoms with Gasteiger partial charge in [0.25, 0.3) is 0 Å². The topological polar surface area (TPSA) is 67.0 Å². The molecule has 0 amide bonds. The molecule has 0 saturated heterocycles. The van der Waals surface area contributed by atoms with E-state index in [-0.39, 0.29) is 12.0 Å². The van der Waals surface area contributed by atoms with Crippen LogP contribution in [0, 0.1) is 0 Å². The van der Waals surface area contributed by atoms with E-state index in [0.717, 1.165) is 16.9 Å². The Balaban J connectivity index is 2.17. The Labute approximate surface area is 112 Å². The molecule has 0 spiro atoms. The van der Waals surface area contributed by atoms with Crippen LogP contribution in [-0.4, -0.2) is 29.3 Å². The quantitative estimate of drug-likeness (QED) is 0.809. The van der Waals surface area contributed by atoms with Gasteiger partial charge in [-0.2, -0.15) is 5.10 Å². The summed E-state index contributed by atoms with van der Waals surface area (Å²) in [6, 6.07) is 9.38. The second-order valence-electron chi connectivity index (χ2n) is 4.18. The zero-order valence-electron chi connectivity index (χ0n) is 11.0. The second-order valence-corrected chi connectivity index (χ2v) is 4.18. The predicted octanol–water partition coefficient (Wildman–Crippen LogP) is 2.44. The molecular formula is C14H17N3O2. The normalized spacial score (nSPS) is 11.9. The third kappa shape index (κ3) is 3.13. The number of nitrogens with one attached hydrogen (secondary N) is 2. The van der Waals surface area contributed by atoms with Crippen molar-refractivity contribution in [2.75, 3.05) is 12.4 Å². The summed E-state index contributed by atoms with van der Waals surface area (Å²) >= 11 is 0. The number of rotatable bonds is 5. The zero-order valence-corrected chi connectivity index (χ0v) is 11.0. The summed E-state index contributed by atoms with van der Waals surface area (Å²) in [5.74, 6) is -0.255. The van der Waals surface area contributed by atoms with Crippen LogP contribution < -0.4 is 5.32 Å². The highest BCUT2D eigenvalue weighted by atomic mass is 16.5. The highest BCUT2D eigenvalue weighted by Crippen LogP contribution is 2.21. The molecule has 0 aliphatic heterocycles. The van der Waals surface area contributed by atoms with Crippen molar-refractivity contribution in [2.24, 2.45) is 0 Å². The van der Waals surface area contributed by atoms with Gasteiger partial charge in [-0.05, 0) is 24.6 Å². The van der Waals surface area contributed by atoms with Crippen molar-refractivity contribution in [1.82, 2.24) is 10.2 Å². The van der Waals surface area contributed by atoms with E-state index in [1.54, 1.807) is 6.20 Å². The van der Waals surface area contributed by atoms with Crippen LogP contribution in [-0.2, 0) is 9.53 Å². The van der Waals surface area contributed by atoms with Crippen molar-refractivity contribution in [3.8, 4) is 11.3 Å². The van der Waals surface area contributed by atoms with Gasteiger partial charge in [0.1, 0.15) is 6.04 Å². The first kappa shape index (κ1) is 13.1. The van der Waals surface area contributed by atoms with E-state index in [1.165, 1.54) is 7.11 Å². The maximum Gasteiger partial charge on any atom is 0.328 e. The Kier molecular flexibility index (Phi) is 4.18. The number of aromatic amines is 1. The van der Waals surface area contributed by atoms with Gasteiger partial charge in [-0.15, -0.1) is 0 Å². The minimum absolute atomic E-state index is 0.255. The molecule has 100 valence electrons. The maximum absolute atomic E-state index is 11.6. The molecule has 0 radical (unpaired) electrons. The molecule has 5 nitrogen and oxygen atoms in total. The number of hydrogen-bond acceptors (Lipinski definition) is 4. The fraction of sp³-hybridized carbons (Fsp3) is 0.286. The van der Waals surface area contributed by atoms with Gasteiger partial charge >= 0.3 is 5.97 Å². The van der Waals surface area contributed by atoms with Crippen LogP contribution in [0.1, 0.15) is 13.3 Å². The van der Waals surface area contributed by atoms with E-state index in [4.69, 9.17) is 4.74 Å². The van der Waals surface area contributed by atoms with E-state index < -0.39 is 0 Å². The molecular weight excluding hydrogens is 242 g/mol. The third-order valence-corrected chi connectivity index (χ3v) is 2.91. The third-order valence-electron chi connectivity index (χ3n) is 2.91. The SMILES string of the molecule is CCC(Nc1cccc(-c2ccn[nH]2)c1)C(=O)OC. The largest absolute Gasteiger partial charge is 0.467 e. The van der Waals surface area contributed by atoms with Gasteiger partial charge in [-0.25, -0.2) is 4.79 Å². The Bertz CT molecular complexity index is 537. The van der Waals surface area contributed by atoms with E-state index in [9.17, 15) is 4.79 Å². The molecule has 19 heavy (non-hydrogen) atoms. The van der Waals surface area contributed by atoms with Crippen molar-refractivity contribution in [3.63, 3.8) is 0 Å². The monoisotopic (exact) mass is 259 g/mol. The molecule has 2 rings (SSSR count). The number of anilines is 1. The van der Waals surface area contributed by atoms with Crippen LogP contribution in [0.4, 0.5) is 5.69 Å². The summed E-state index contributed by atoms with van der Waals surface area (Å²) < 4.78 is 4.76. The first-order chi connectivity index (χ1) is 9.24. The molecule has 0 fully saturated rings. The maximum atomic E-state index is 11.6.